The molecule has 0 fully saturated rings. The monoisotopic (exact) mass is 357 g/mol. The first-order valence-corrected chi connectivity index (χ1v) is 8.51. The lowest BCUT2D eigenvalue weighted by atomic mass is 10.2. The van der Waals surface area contributed by atoms with Gasteiger partial charge in [-0.3, -0.25) is 0 Å². The summed E-state index contributed by atoms with van der Waals surface area (Å²) in [6.45, 7) is 4.26. The smallest absolute Gasteiger partial charge is 0.339 e. The number of thioether (sulfide) groups is 1. The highest BCUT2D eigenvalue weighted by molar-refractivity contribution is 8.05. The van der Waals surface area contributed by atoms with Crippen LogP contribution in [0.1, 0.15) is 24.2 Å². The van der Waals surface area contributed by atoms with E-state index in [4.69, 9.17) is 33.3 Å². The van der Waals surface area contributed by atoms with E-state index in [1.54, 1.807) is 50.1 Å². The van der Waals surface area contributed by atoms with Gasteiger partial charge in [0, 0.05) is 11.4 Å². The fraction of sp³-hybridized carbons (Fsp3) is 0.333. The fourth-order valence-corrected chi connectivity index (χ4v) is 2.97. The number of carbonyl (C=O) groups is 1. The van der Waals surface area contributed by atoms with Gasteiger partial charge >= 0.3 is 5.97 Å². The van der Waals surface area contributed by atoms with Crippen molar-refractivity contribution in [1.29, 1.82) is 0 Å². The molecule has 0 unspecified atom stereocenters. The first-order chi connectivity index (χ1) is 10.5. The Balaban J connectivity index is 2.13. The molecule has 0 saturated heterocycles. The summed E-state index contributed by atoms with van der Waals surface area (Å²) in [5.41, 5.74) is 0.988. The number of benzene rings is 1. The molecule has 1 N–H and O–H groups in total. The molecule has 4 nitrogen and oxygen atoms in total. The van der Waals surface area contributed by atoms with Gasteiger partial charge in [-0.2, -0.15) is 0 Å². The summed E-state index contributed by atoms with van der Waals surface area (Å²) in [7, 11) is 0. The van der Waals surface area contributed by atoms with E-state index in [1.807, 2.05) is 0 Å². The van der Waals surface area contributed by atoms with E-state index in [0.717, 1.165) is 10.7 Å². The highest BCUT2D eigenvalue weighted by Crippen LogP contribution is 2.25. The highest BCUT2D eigenvalue weighted by Gasteiger charge is 2.16. The Hall–Kier alpha value is -1.24. The lowest BCUT2D eigenvalue weighted by Gasteiger charge is -2.16. The molecule has 7 heteroatoms. The lowest BCUT2D eigenvalue weighted by Crippen LogP contribution is -2.15. The molecule has 1 aliphatic heterocycles. The van der Waals surface area contributed by atoms with Crippen LogP contribution >= 0.6 is 35.6 Å². The van der Waals surface area contributed by atoms with Crippen molar-refractivity contribution in [1.82, 2.24) is 0 Å². The van der Waals surface area contributed by atoms with Crippen LogP contribution in [0.2, 0.25) is 5.02 Å². The Morgan fingerprint density at radius 1 is 1.50 bits per heavy atom. The van der Waals surface area contributed by atoms with Crippen LogP contribution in [-0.4, -0.2) is 29.4 Å². The van der Waals surface area contributed by atoms with Gasteiger partial charge < -0.3 is 14.8 Å². The second-order valence-electron chi connectivity index (χ2n) is 4.80. The fourth-order valence-electron chi connectivity index (χ4n) is 1.72. The molecule has 0 saturated carbocycles. The largest absolute Gasteiger partial charge is 0.499 e. The maximum atomic E-state index is 12.0. The first-order valence-electron chi connectivity index (χ1n) is 6.74. The topological polar surface area (TPSA) is 47.6 Å². The predicted molar refractivity (Wildman–Crippen MR) is 94.7 cm³/mol. The SMILES string of the molecule is CC(C)OC(=O)c1cc(NC(=S)C2=COCCS2)ccc1Cl. The summed E-state index contributed by atoms with van der Waals surface area (Å²) in [4.78, 5) is 13.4. The van der Waals surface area contributed by atoms with Crippen LogP contribution in [0.3, 0.4) is 0 Å². The molecular formula is C15H16ClNO3S2. The summed E-state index contributed by atoms with van der Waals surface area (Å²) < 4.78 is 10.4. The van der Waals surface area contributed by atoms with E-state index in [-0.39, 0.29) is 6.10 Å². The van der Waals surface area contributed by atoms with Crippen molar-refractivity contribution in [3.8, 4) is 0 Å². The molecule has 0 radical (unpaired) electrons. The van der Waals surface area contributed by atoms with Gasteiger partial charge in [0.2, 0.25) is 0 Å². The molecule has 1 aromatic carbocycles. The molecule has 0 bridgehead atoms. The summed E-state index contributed by atoms with van der Waals surface area (Å²) in [5, 5.41) is 3.43. The second-order valence-corrected chi connectivity index (χ2v) is 6.76. The minimum absolute atomic E-state index is 0.206. The van der Waals surface area contributed by atoms with Crippen molar-refractivity contribution in [2.75, 3.05) is 17.7 Å². The van der Waals surface area contributed by atoms with Gasteiger partial charge in [-0.1, -0.05) is 23.8 Å². The van der Waals surface area contributed by atoms with Gasteiger partial charge in [0.05, 0.1) is 34.5 Å². The van der Waals surface area contributed by atoms with E-state index >= 15 is 0 Å². The molecule has 1 heterocycles. The van der Waals surface area contributed by atoms with E-state index in [0.29, 0.717) is 27.9 Å². The Morgan fingerprint density at radius 3 is 2.91 bits per heavy atom. The molecule has 1 aliphatic rings. The van der Waals surface area contributed by atoms with Gasteiger partial charge in [-0.25, -0.2) is 4.79 Å². The van der Waals surface area contributed by atoms with Crippen molar-refractivity contribution in [3.63, 3.8) is 0 Å². The average Bonchev–Trinajstić information content (AvgIpc) is 2.49. The normalized spacial score (nSPS) is 14.1. The molecular weight excluding hydrogens is 342 g/mol. The van der Waals surface area contributed by atoms with E-state index < -0.39 is 5.97 Å². The van der Waals surface area contributed by atoms with E-state index in [1.165, 1.54) is 0 Å². The van der Waals surface area contributed by atoms with Gasteiger partial charge in [0.15, 0.2) is 0 Å². The molecule has 2 rings (SSSR count). The van der Waals surface area contributed by atoms with Crippen molar-refractivity contribution >= 4 is 52.2 Å². The minimum Gasteiger partial charge on any atom is -0.499 e. The number of esters is 1. The number of hydrogen-bond acceptors (Lipinski definition) is 5. The quantitative estimate of drug-likeness (QED) is 0.642. The van der Waals surface area contributed by atoms with Crippen LogP contribution in [0.4, 0.5) is 5.69 Å². The summed E-state index contributed by atoms with van der Waals surface area (Å²) in [5.74, 6) is 0.407. The van der Waals surface area contributed by atoms with Gasteiger partial charge in [0.1, 0.15) is 4.99 Å². The standard InChI is InChI=1S/C15H16ClNO3S2/c1-9(2)20-15(18)11-7-10(3-4-12(11)16)17-14(21)13-8-19-5-6-22-13/h3-4,7-9H,5-6H2,1-2H3,(H,17,21). The van der Waals surface area contributed by atoms with Crippen LogP contribution in [0, 0.1) is 0 Å². The van der Waals surface area contributed by atoms with Gasteiger partial charge in [-0.05, 0) is 32.0 Å². The third-order valence-electron chi connectivity index (χ3n) is 2.66. The number of anilines is 1. The Labute approximate surface area is 144 Å². The van der Waals surface area contributed by atoms with Crippen molar-refractivity contribution in [2.45, 2.75) is 20.0 Å². The summed E-state index contributed by atoms with van der Waals surface area (Å²) >= 11 is 13.0. The number of halogens is 1. The second kappa shape index (κ2) is 7.85. The maximum absolute atomic E-state index is 12.0. The van der Waals surface area contributed by atoms with Crippen LogP contribution in [-0.2, 0) is 9.47 Å². The Bertz CT molecular complexity index is 617. The Kier molecular flexibility index (Phi) is 6.11. The third kappa shape index (κ3) is 4.63. The third-order valence-corrected chi connectivity index (χ3v) is 4.42. The van der Waals surface area contributed by atoms with Crippen LogP contribution in [0.25, 0.3) is 0 Å². The number of thiocarbonyl (C=S) groups is 1. The number of ether oxygens (including phenoxy) is 2. The van der Waals surface area contributed by atoms with Gasteiger partial charge in [-0.15, -0.1) is 11.8 Å². The summed E-state index contributed by atoms with van der Waals surface area (Å²) in [6, 6.07) is 5.03. The molecule has 0 atom stereocenters. The molecule has 118 valence electrons. The summed E-state index contributed by atoms with van der Waals surface area (Å²) in [6.07, 6.45) is 1.44. The minimum atomic E-state index is -0.454. The Morgan fingerprint density at radius 2 is 2.27 bits per heavy atom. The highest BCUT2D eigenvalue weighted by atomic mass is 35.5. The lowest BCUT2D eigenvalue weighted by molar-refractivity contribution is 0.0378. The molecule has 0 amide bonds. The van der Waals surface area contributed by atoms with Crippen molar-refractivity contribution < 1.29 is 14.3 Å². The molecule has 0 spiro atoms. The zero-order valence-corrected chi connectivity index (χ0v) is 14.6. The van der Waals surface area contributed by atoms with Crippen LogP contribution < -0.4 is 5.32 Å². The zero-order chi connectivity index (χ0) is 16.1. The molecule has 22 heavy (non-hydrogen) atoms. The van der Waals surface area contributed by atoms with Crippen LogP contribution in [0.5, 0.6) is 0 Å². The van der Waals surface area contributed by atoms with Crippen LogP contribution in [0.15, 0.2) is 29.4 Å². The number of hydrogen-bond donors (Lipinski definition) is 1. The average molecular weight is 358 g/mol. The van der Waals surface area contributed by atoms with E-state index in [2.05, 4.69) is 5.32 Å². The maximum Gasteiger partial charge on any atom is 0.339 e. The predicted octanol–water partition coefficient (Wildman–Crippen LogP) is 4.25. The van der Waals surface area contributed by atoms with Crippen molar-refractivity contribution in [3.05, 3.63) is 40.0 Å². The van der Waals surface area contributed by atoms with E-state index in [9.17, 15) is 4.79 Å². The first kappa shape index (κ1) is 17.1. The zero-order valence-electron chi connectivity index (χ0n) is 12.2. The number of nitrogens with one attached hydrogen (secondary N) is 1. The number of carbonyl (C=O) groups excluding carboxylic acids is 1. The molecule has 1 aromatic rings. The number of rotatable bonds is 4. The molecule has 0 aliphatic carbocycles. The van der Waals surface area contributed by atoms with Crippen molar-refractivity contribution in [2.24, 2.45) is 0 Å². The molecule has 0 aromatic heterocycles. The van der Waals surface area contributed by atoms with Gasteiger partial charge in [0.25, 0.3) is 0 Å².